The van der Waals surface area contributed by atoms with E-state index in [-0.39, 0.29) is 29.3 Å². The lowest BCUT2D eigenvalue weighted by molar-refractivity contribution is -0.130. The molecule has 7 rings (SSSR count). The average molecular weight is 380 g/mol. The third-order valence-corrected chi connectivity index (χ3v) is 8.14. The van der Waals surface area contributed by atoms with Crippen LogP contribution in [0.4, 0.5) is 11.4 Å². The highest BCUT2D eigenvalue weighted by Crippen LogP contribution is 2.61. The van der Waals surface area contributed by atoms with E-state index < -0.39 is 0 Å². The van der Waals surface area contributed by atoms with Crippen molar-refractivity contribution >= 4 is 23.2 Å². The summed E-state index contributed by atoms with van der Waals surface area (Å²) in [7, 11) is 0. The lowest BCUT2D eigenvalue weighted by Gasteiger charge is -2.56. The summed E-state index contributed by atoms with van der Waals surface area (Å²) >= 11 is 0. The Morgan fingerprint density at radius 2 is 1.75 bits per heavy atom. The molecule has 0 aromatic heterocycles. The zero-order valence-corrected chi connectivity index (χ0v) is 16.3. The first-order chi connectivity index (χ1) is 13.6. The molecule has 0 spiro atoms. The van der Waals surface area contributed by atoms with Crippen LogP contribution in [0.1, 0.15) is 51.4 Å². The maximum absolute atomic E-state index is 13.0. The van der Waals surface area contributed by atoms with E-state index in [9.17, 15) is 9.59 Å². The molecule has 6 aliphatic rings. The fourth-order valence-electron chi connectivity index (χ4n) is 7.63. The Morgan fingerprint density at radius 1 is 1.07 bits per heavy atom. The molecule has 2 aliphatic heterocycles. The summed E-state index contributed by atoms with van der Waals surface area (Å²) in [5.74, 6) is 2.89. The number of para-hydroxylation sites is 2. The van der Waals surface area contributed by atoms with Crippen LogP contribution < -0.4 is 15.5 Å². The van der Waals surface area contributed by atoms with Gasteiger partial charge in [-0.15, -0.1) is 0 Å². The van der Waals surface area contributed by atoms with Gasteiger partial charge in [0.1, 0.15) is 6.04 Å². The van der Waals surface area contributed by atoms with Crippen LogP contribution in [-0.4, -0.2) is 30.4 Å². The maximum atomic E-state index is 13.0. The zero-order chi connectivity index (χ0) is 18.9. The number of hydrogen-bond donors (Lipinski definition) is 2. The van der Waals surface area contributed by atoms with Crippen molar-refractivity contribution in [2.75, 3.05) is 16.8 Å². The number of amides is 2. The molecular weight excluding hydrogens is 350 g/mol. The van der Waals surface area contributed by atoms with Gasteiger partial charge in [-0.05, 0) is 80.2 Å². The van der Waals surface area contributed by atoms with Crippen molar-refractivity contribution in [1.82, 2.24) is 5.32 Å². The molecule has 4 bridgehead atoms. The van der Waals surface area contributed by atoms with Gasteiger partial charge in [0.25, 0.3) is 0 Å². The molecule has 2 heterocycles. The number of rotatable bonds is 3. The van der Waals surface area contributed by atoms with Crippen LogP contribution in [0, 0.1) is 23.2 Å². The van der Waals surface area contributed by atoms with Gasteiger partial charge in [0, 0.05) is 19.0 Å². The fraction of sp³-hybridized carbons (Fsp3) is 0.652. The Kier molecular flexibility index (Phi) is 3.60. The summed E-state index contributed by atoms with van der Waals surface area (Å²) in [6.45, 7) is 0.724. The van der Waals surface area contributed by atoms with Crippen LogP contribution in [0.2, 0.25) is 0 Å². The molecule has 0 radical (unpaired) electrons. The summed E-state index contributed by atoms with van der Waals surface area (Å²) in [6.07, 6.45) is 9.43. The van der Waals surface area contributed by atoms with Gasteiger partial charge in [0.05, 0.1) is 11.4 Å². The van der Waals surface area contributed by atoms with Crippen molar-refractivity contribution in [2.24, 2.45) is 23.2 Å². The predicted octanol–water partition coefficient (Wildman–Crippen LogP) is 3.31. The standard InChI is InChI=1S/C23H29N3O2/c27-21(12-23-9-14-5-15(10-23)7-16(6-14)11-23)24-17-8-20-22(28)25-18-3-1-2-4-19(18)26(20)13-17/h1-4,14-17,20H,5-13H2,(H,24,27)(H,25,28). The van der Waals surface area contributed by atoms with Crippen molar-refractivity contribution in [2.45, 2.75) is 63.5 Å². The third-order valence-electron chi connectivity index (χ3n) is 8.14. The Hall–Kier alpha value is -2.04. The van der Waals surface area contributed by atoms with E-state index in [0.29, 0.717) is 12.8 Å². The van der Waals surface area contributed by atoms with E-state index in [4.69, 9.17) is 0 Å². The molecule has 2 N–H and O–H groups in total. The molecule has 4 aliphatic carbocycles. The van der Waals surface area contributed by atoms with Crippen LogP contribution in [0.5, 0.6) is 0 Å². The van der Waals surface area contributed by atoms with Crippen LogP contribution in [0.25, 0.3) is 0 Å². The molecule has 5 heteroatoms. The van der Waals surface area contributed by atoms with Gasteiger partial charge in [-0.2, -0.15) is 0 Å². The van der Waals surface area contributed by atoms with E-state index in [0.717, 1.165) is 35.7 Å². The van der Waals surface area contributed by atoms with Gasteiger partial charge in [0.2, 0.25) is 11.8 Å². The minimum Gasteiger partial charge on any atom is -0.356 e. The molecule has 5 nitrogen and oxygen atoms in total. The van der Waals surface area contributed by atoms with Crippen molar-refractivity contribution in [1.29, 1.82) is 0 Å². The minimum atomic E-state index is -0.167. The predicted molar refractivity (Wildman–Crippen MR) is 108 cm³/mol. The number of carbonyl (C=O) groups excluding carboxylic acids is 2. The first kappa shape index (κ1) is 16.9. The Labute approximate surface area is 166 Å². The van der Waals surface area contributed by atoms with Gasteiger partial charge in [0.15, 0.2) is 0 Å². The highest BCUT2D eigenvalue weighted by atomic mass is 16.2. The number of anilines is 2. The van der Waals surface area contributed by atoms with Gasteiger partial charge in [-0.3, -0.25) is 9.59 Å². The Bertz CT molecular complexity index is 800. The molecule has 2 unspecified atom stereocenters. The van der Waals surface area contributed by atoms with Crippen LogP contribution in [0.15, 0.2) is 24.3 Å². The topological polar surface area (TPSA) is 61.4 Å². The average Bonchev–Trinajstić information content (AvgIpc) is 3.04. The molecule has 1 saturated heterocycles. The lowest BCUT2D eigenvalue weighted by Crippen LogP contribution is -2.49. The van der Waals surface area contributed by atoms with Gasteiger partial charge >= 0.3 is 0 Å². The first-order valence-electron chi connectivity index (χ1n) is 11.0. The second-order valence-corrected chi connectivity index (χ2v) is 10.3. The summed E-state index contributed by atoms with van der Waals surface area (Å²) in [4.78, 5) is 27.7. The summed E-state index contributed by atoms with van der Waals surface area (Å²) in [6, 6.07) is 7.85. The zero-order valence-electron chi connectivity index (χ0n) is 16.3. The van der Waals surface area contributed by atoms with Crippen molar-refractivity contribution in [3.8, 4) is 0 Å². The van der Waals surface area contributed by atoms with E-state index in [2.05, 4.69) is 21.6 Å². The number of nitrogens with zero attached hydrogens (tertiary/aromatic N) is 1. The first-order valence-corrected chi connectivity index (χ1v) is 11.0. The van der Waals surface area contributed by atoms with E-state index in [1.54, 1.807) is 0 Å². The summed E-state index contributed by atoms with van der Waals surface area (Å²) in [5, 5.41) is 6.32. The largest absolute Gasteiger partial charge is 0.356 e. The maximum Gasteiger partial charge on any atom is 0.247 e. The SMILES string of the molecule is O=C(CC12CC3CC(CC(C3)C1)C2)NC1CC2C(=O)Nc3ccccc3N2C1. The van der Waals surface area contributed by atoms with Crippen LogP contribution in [0.3, 0.4) is 0 Å². The molecule has 4 saturated carbocycles. The second kappa shape index (κ2) is 5.98. The Balaban J connectivity index is 1.14. The number of nitrogens with one attached hydrogen (secondary N) is 2. The number of carbonyl (C=O) groups is 2. The number of fused-ring (bicyclic) bond motifs is 3. The molecular formula is C23H29N3O2. The van der Waals surface area contributed by atoms with Crippen LogP contribution >= 0.6 is 0 Å². The van der Waals surface area contributed by atoms with Crippen molar-refractivity contribution in [3.05, 3.63) is 24.3 Å². The monoisotopic (exact) mass is 379 g/mol. The van der Waals surface area contributed by atoms with Gasteiger partial charge < -0.3 is 15.5 Å². The van der Waals surface area contributed by atoms with Crippen molar-refractivity contribution in [3.63, 3.8) is 0 Å². The highest BCUT2D eigenvalue weighted by Gasteiger charge is 2.51. The molecule has 2 amide bonds. The van der Waals surface area contributed by atoms with Gasteiger partial charge in [-0.25, -0.2) is 0 Å². The smallest absolute Gasteiger partial charge is 0.247 e. The second-order valence-electron chi connectivity index (χ2n) is 10.3. The molecule has 1 aromatic rings. The normalized spacial score (nSPS) is 40.1. The molecule has 28 heavy (non-hydrogen) atoms. The van der Waals surface area contributed by atoms with Gasteiger partial charge in [-0.1, -0.05) is 12.1 Å². The fourth-order valence-corrected chi connectivity index (χ4v) is 7.63. The highest BCUT2D eigenvalue weighted by molar-refractivity contribution is 6.04. The summed E-state index contributed by atoms with van der Waals surface area (Å²) in [5.41, 5.74) is 2.23. The van der Waals surface area contributed by atoms with E-state index in [1.807, 2.05) is 18.2 Å². The van der Waals surface area contributed by atoms with Crippen LogP contribution in [-0.2, 0) is 9.59 Å². The number of hydrogen-bond acceptors (Lipinski definition) is 3. The molecule has 5 fully saturated rings. The number of benzene rings is 1. The lowest BCUT2D eigenvalue weighted by atomic mass is 9.49. The molecule has 1 aromatic carbocycles. The van der Waals surface area contributed by atoms with Crippen molar-refractivity contribution < 1.29 is 9.59 Å². The summed E-state index contributed by atoms with van der Waals surface area (Å²) < 4.78 is 0. The Morgan fingerprint density at radius 3 is 2.46 bits per heavy atom. The molecule has 148 valence electrons. The quantitative estimate of drug-likeness (QED) is 0.847. The van der Waals surface area contributed by atoms with E-state index >= 15 is 0 Å². The van der Waals surface area contributed by atoms with E-state index in [1.165, 1.54) is 38.5 Å². The minimum absolute atomic E-state index is 0.0523. The third kappa shape index (κ3) is 2.66. The molecule has 2 atom stereocenters.